The summed E-state index contributed by atoms with van der Waals surface area (Å²) in [7, 11) is 0. The summed E-state index contributed by atoms with van der Waals surface area (Å²) in [6.45, 7) is 3.10. The van der Waals surface area contributed by atoms with Gasteiger partial charge in [0, 0.05) is 26.2 Å². The second kappa shape index (κ2) is 10.3. The molecule has 1 aliphatic rings. The van der Waals surface area contributed by atoms with Crippen LogP contribution >= 0.6 is 36.4 Å². The van der Waals surface area contributed by atoms with Gasteiger partial charge in [-0.25, -0.2) is 0 Å². The number of hydrogen-bond donors (Lipinski definition) is 4. The van der Waals surface area contributed by atoms with E-state index in [2.05, 4.69) is 16.0 Å². The second-order valence-electron chi connectivity index (χ2n) is 5.06. The Morgan fingerprint density at radius 3 is 2.68 bits per heavy atom. The largest absolute Gasteiger partial charge is 0.387 e. The number of β-amino-alcohol motifs (C(OH)–C–C–N with tert-alkyl or cyclic N) is 1. The van der Waals surface area contributed by atoms with Crippen molar-refractivity contribution in [3.05, 3.63) is 34.9 Å². The van der Waals surface area contributed by atoms with Gasteiger partial charge in [0.1, 0.15) is 0 Å². The lowest BCUT2D eigenvalue weighted by Crippen LogP contribution is -2.44. The number of nitrogens with one attached hydrogen (secondary N) is 3. The molecule has 0 bridgehead atoms. The highest BCUT2D eigenvalue weighted by atomic mass is 35.5. The number of aliphatic hydroxyl groups is 1. The van der Waals surface area contributed by atoms with Gasteiger partial charge in [-0.05, 0) is 25.1 Å². The van der Waals surface area contributed by atoms with Crippen molar-refractivity contribution in [2.24, 2.45) is 0 Å². The molecule has 0 spiro atoms. The van der Waals surface area contributed by atoms with Crippen molar-refractivity contribution >= 4 is 42.3 Å². The van der Waals surface area contributed by atoms with Crippen molar-refractivity contribution < 1.29 is 9.90 Å². The lowest BCUT2D eigenvalue weighted by atomic mass is 10.0. The summed E-state index contributed by atoms with van der Waals surface area (Å²) >= 11 is 5.95. The minimum Gasteiger partial charge on any atom is -0.387 e. The average Bonchev–Trinajstić information content (AvgIpc) is 2.86. The maximum Gasteiger partial charge on any atom is 0.252 e. The van der Waals surface area contributed by atoms with Gasteiger partial charge in [-0.1, -0.05) is 23.7 Å². The molecule has 1 atom stereocenters. The maximum atomic E-state index is 11.9. The highest BCUT2D eigenvalue weighted by Gasteiger charge is 2.30. The van der Waals surface area contributed by atoms with Gasteiger partial charge in [-0.15, -0.1) is 24.8 Å². The molecule has 1 amide bonds. The fraction of sp³-hybridized carbons (Fsp3) is 0.500. The zero-order valence-corrected chi connectivity index (χ0v) is 14.5. The first kappa shape index (κ1) is 21.4. The van der Waals surface area contributed by atoms with E-state index in [4.69, 9.17) is 11.6 Å². The van der Waals surface area contributed by atoms with Gasteiger partial charge in [0.25, 0.3) is 5.91 Å². The van der Waals surface area contributed by atoms with Gasteiger partial charge in [-0.3, -0.25) is 4.79 Å². The number of amides is 1. The van der Waals surface area contributed by atoms with Crippen molar-refractivity contribution in [2.45, 2.75) is 12.0 Å². The normalized spacial score (nSPS) is 19.9. The first-order valence-corrected chi connectivity index (χ1v) is 7.15. The molecule has 1 aromatic rings. The third-order valence-corrected chi connectivity index (χ3v) is 3.71. The number of hydrogen-bond acceptors (Lipinski definition) is 4. The van der Waals surface area contributed by atoms with E-state index in [9.17, 15) is 9.90 Å². The summed E-state index contributed by atoms with van der Waals surface area (Å²) in [5.41, 5.74) is -0.181. The van der Waals surface area contributed by atoms with E-state index < -0.39 is 5.60 Å². The summed E-state index contributed by atoms with van der Waals surface area (Å²) in [6, 6.07) is 6.95. The van der Waals surface area contributed by atoms with Crippen LogP contribution in [0.4, 0.5) is 0 Å². The summed E-state index contributed by atoms with van der Waals surface area (Å²) in [4.78, 5) is 11.9. The van der Waals surface area contributed by atoms with Crippen LogP contribution in [0.3, 0.4) is 0 Å². The van der Waals surface area contributed by atoms with Gasteiger partial charge in [0.15, 0.2) is 0 Å². The molecule has 1 aliphatic heterocycles. The molecule has 4 N–H and O–H groups in total. The molecule has 0 aromatic heterocycles. The molecule has 1 saturated heterocycles. The van der Waals surface area contributed by atoms with Crippen molar-refractivity contribution in [1.82, 2.24) is 16.0 Å². The van der Waals surface area contributed by atoms with E-state index in [0.29, 0.717) is 36.8 Å². The molecule has 2 rings (SSSR count). The quantitative estimate of drug-likeness (QED) is 0.568. The lowest BCUT2D eigenvalue weighted by Gasteiger charge is -2.21. The molecule has 0 radical (unpaired) electrons. The van der Waals surface area contributed by atoms with E-state index >= 15 is 0 Å². The Bertz CT molecular complexity index is 468. The van der Waals surface area contributed by atoms with E-state index in [-0.39, 0.29) is 30.7 Å². The fourth-order valence-corrected chi connectivity index (χ4v) is 2.43. The van der Waals surface area contributed by atoms with Gasteiger partial charge < -0.3 is 21.1 Å². The summed E-state index contributed by atoms with van der Waals surface area (Å²) < 4.78 is 0. The minimum absolute atomic E-state index is 0. The molecule has 1 unspecified atom stereocenters. The summed E-state index contributed by atoms with van der Waals surface area (Å²) in [6.07, 6.45) is 0.756. The van der Waals surface area contributed by atoms with Gasteiger partial charge in [-0.2, -0.15) is 0 Å². The van der Waals surface area contributed by atoms with E-state index in [1.165, 1.54) is 0 Å². The van der Waals surface area contributed by atoms with E-state index in [1.807, 2.05) is 0 Å². The molecular weight excluding hydrogens is 349 g/mol. The van der Waals surface area contributed by atoms with Gasteiger partial charge >= 0.3 is 0 Å². The zero-order chi connectivity index (χ0) is 14.4. The van der Waals surface area contributed by atoms with Crippen LogP contribution in [-0.2, 0) is 0 Å². The van der Waals surface area contributed by atoms with Crippen LogP contribution in [0.1, 0.15) is 16.8 Å². The zero-order valence-electron chi connectivity index (χ0n) is 12.1. The van der Waals surface area contributed by atoms with Crippen molar-refractivity contribution in [3.63, 3.8) is 0 Å². The first-order valence-electron chi connectivity index (χ1n) is 6.77. The number of halogens is 3. The molecule has 1 fully saturated rings. The standard InChI is InChI=1S/C14H20ClN3O2.2ClH/c15-12-4-2-1-3-11(12)13(19)18-8-7-17-10-14(20)5-6-16-9-14;;/h1-4,16-17,20H,5-10H2,(H,18,19);2*1H. The fourth-order valence-electron chi connectivity index (χ4n) is 2.21. The predicted octanol–water partition coefficient (Wildman–Crippen LogP) is 1.23. The maximum absolute atomic E-state index is 11.9. The molecule has 1 aromatic carbocycles. The Labute approximate surface area is 148 Å². The number of carbonyl (C=O) groups is 1. The summed E-state index contributed by atoms with van der Waals surface area (Å²) in [5.74, 6) is -0.182. The van der Waals surface area contributed by atoms with Crippen LogP contribution < -0.4 is 16.0 Å². The first-order chi connectivity index (χ1) is 9.61. The van der Waals surface area contributed by atoms with Crippen LogP contribution in [0.15, 0.2) is 24.3 Å². The lowest BCUT2D eigenvalue weighted by molar-refractivity contribution is 0.0614. The topological polar surface area (TPSA) is 73.4 Å². The molecule has 8 heteroatoms. The van der Waals surface area contributed by atoms with Crippen LogP contribution in [-0.4, -0.2) is 49.3 Å². The van der Waals surface area contributed by atoms with Crippen molar-refractivity contribution in [2.75, 3.05) is 32.7 Å². The Balaban J connectivity index is 0.00000220. The van der Waals surface area contributed by atoms with Gasteiger partial charge in [0.2, 0.25) is 0 Å². The van der Waals surface area contributed by atoms with Crippen LogP contribution in [0, 0.1) is 0 Å². The van der Waals surface area contributed by atoms with Crippen LogP contribution in [0.5, 0.6) is 0 Å². The third kappa shape index (κ3) is 6.28. The Kier molecular flexibility index (Phi) is 10.00. The highest BCUT2D eigenvalue weighted by Crippen LogP contribution is 2.14. The molecule has 22 heavy (non-hydrogen) atoms. The van der Waals surface area contributed by atoms with Crippen molar-refractivity contribution in [3.8, 4) is 0 Å². The third-order valence-electron chi connectivity index (χ3n) is 3.38. The van der Waals surface area contributed by atoms with E-state index in [1.54, 1.807) is 24.3 Å². The molecule has 5 nitrogen and oxygen atoms in total. The van der Waals surface area contributed by atoms with Gasteiger partial charge in [0.05, 0.1) is 16.2 Å². The monoisotopic (exact) mass is 369 g/mol. The molecular formula is C14H22Cl3N3O2. The average molecular weight is 371 g/mol. The predicted molar refractivity (Wildman–Crippen MR) is 93.6 cm³/mol. The van der Waals surface area contributed by atoms with Crippen LogP contribution in [0.2, 0.25) is 5.02 Å². The van der Waals surface area contributed by atoms with Crippen LogP contribution in [0.25, 0.3) is 0 Å². The smallest absolute Gasteiger partial charge is 0.252 e. The molecule has 0 aliphatic carbocycles. The number of benzene rings is 1. The minimum atomic E-state index is -0.660. The molecule has 0 saturated carbocycles. The SMILES string of the molecule is Cl.Cl.O=C(NCCNCC1(O)CCNC1)c1ccccc1Cl. The second-order valence-corrected chi connectivity index (χ2v) is 5.47. The number of rotatable bonds is 6. The molecule has 1 heterocycles. The Hall–Kier alpha value is -0.560. The highest BCUT2D eigenvalue weighted by molar-refractivity contribution is 6.33. The summed E-state index contributed by atoms with van der Waals surface area (Å²) in [5, 5.41) is 19.6. The molecule has 126 valence electrons. The number of carbonyl (C=O) groups excluding carboxylic acids is 1. The Morgan fingerprint density at radius 1 is 1.32 bits per heavy atom. The van der Waals surface area contributed by atoms with Crippen molar-refractivity contribution in [1.29, 1.82) is 0 Å². The Morgan fingerprint density at radius 2 is 2.05 bits per heavy atom. The van der Waals surface area contributed by atoms with E-state index in [0.717, 1.165) is 13.0 Å².